The van der Waals surface area contributed by atoms with Crippen molar-refractivity contribution in [2.24, 2.45) is 0 Å². The first-order valence-electron chi connectivity index (χ1n) is 9.63. The number of aromatic amines is 1. The van der Waals surface area contributed by atoms with E-state index < -0.39 is 0 Å². The minimum absolute atomic E-state index is 0.152. The summed E-state index contributed by atoms with van der Waals surface area (Å²) >= 11 is 0. The second-order valence-electron chi connectivity index (χ2n) is 6.89. The van der Waals surface area contributed by atoms with Crippen molar-refractivity contribution in [1.82, 2.24) is 9.88 Å². The summed E-state index contributed by atoms with van der Waals surface area (Å²) in [5.41, 5.74) is 2.03. The molecule has 2 heterocycles. The number of fused-ring (bicyclic) bond motifs is 1. The molecule has 0 bridgehead atoms. The average molecular weight is 409 g/mol. The van der Waals surface area contributed by atoms with E-state index in [2.05, 4.69) is 10.3 Å². The van der Waals surface area contributed by atoms with Gasteiger partial charge in [0.2, 0.25) is 0 Å². The van der Waals surface area contributed by atoms with Gasteiger partial charge in [0, 0.05) is 29.6 Å². The zero-order chi connectivity index (χ0) is 21.1. The summed E-state index contributed by atoms with van der Waals surface area (Å²) in [6, 6.07) is 12.6. The number of H-pyrrole nitrogens is 1. The molecular formula is C22H23N3O5. The number of methoxy groups -OCH3 is 2. The predicted octanol–water partition coefficient (Wildman–Crippen LogP) is 2.91. The summed E-state index contributed by atoms with van der Waals surface area (Å²) in [6.07, 6.45) is 0. The van der Waals surface area contributed by atoms with Crippen LogP contribution in [-0.4, -0.2) is 62.2 Å². The molecule has 2 N–H and O–H groups in total. The molecule has 1 saturated heterocycles. The number of ether oxygens (including phenoxy) is 3. The molecule has 0 saturated carbocycles. The molecule has 2 aromatic carbocycles. The van der Waals surface area contributed by atoms with Gasteiger partial charge < -0.3 is 29.4 Å². The average Bonchev–Trinajstić information content (AvgIpc) is 3.23. The third-order valence-corrected chi connectivity index (χ3v) is 5.05. The molecule has 0 aliphatic carbocycles. The maximum atomic E-state index is 12.9. The maximum Gasteiger partial charge on any atom is 0.272 e. The molecule has 8 heteroatoms. The highest BCUT2D eigenvalue weighted by atomic mass is 16.5. The lowest BCUT2D eigenvalue weighted by molar-refractivity contribution is 0.0302. The van der Waals surface area contributed by atoms with E-state index in [4.69, 9.17) is 14.2 Å². The molecule has 8 nitrogen and oxygen atoms in total. The number of aromatic nitrogens is 1. The van der Waals surface area contributed by atoms with Crippen molar-refractivity contribution in [3.05, 3.63) is 53.7 Å². The van der Waals surface area contributed by atoms with E-state index in [0.717, 1.165) is 10.9 Å². The first-order chi connectivity index (χ1) is 14.6. The second kappa shape index (κ2) is 8.46. The van der Waals surface area contributed by atoms with E-state index >= 15 is 0 Å². The lowest BCUT2D eigenvalue weighted by Gasteiger charge is -2.27. The molecule has 1 aliphatic heterocycles. The van der Waals surface area contributed by atoms with E-state index in [1.807, 2.05) is 24.3 Å². The van der Waals surface area contributed by atoms with Crippen LogP contribution in [0.2, 0.25) is 0 Å². The Hall–Kier alpha value is -3.52. The van der Waals surface area contributed by atoms with Gasteiger partial charge in [0.25, 0.3) is 11.8 Å². The number of hydrogen-bond donors (Lipinski definition) is 2. The molecule has 0 spiro atoms. The summed E-state index contributed by atoms with van der Waals surface area (Å²) in [6.45, 7) is 2.04. The zero-order valence-corrected chi connectivity index (χ0v) is 16.9. The molecule has 3 aromatic rings. The lowest BCUT2D eigenvalue weighted by atomic mass is 10.1. The van der Waals surface area contributed by atoms with E-state index in [1.54, 1.807) is 23.1 Å². The lowest BCUT2D eigenvalue weighted by Crippen LogP contribution is -2.40. The molecule has 0 radical (unpaired) electrons. The van der Waals surface area contributed by atoms with Crippen LogP contribution in [0.3, 0.4) is 0 Å². The van der Waals surface area contributed by atoms with Crippen LogP contribution < -0.4 is 14.8 Å². The molecule has 0 unspecified atom stereocenters. The van der Waals surface area contributed by atoms with Gasteiger partial charge in [0.05, 0.1) is 33.1 Å². The van der Waals surface area contributed by atoms with Gasteiger partial charge in [0.1, 0.15) is 5.69 Å². The van der Waals surface area contributed by atoms with Crippen molar-refractivity contribution in [3.63, 3.8) is 0 Å². The molecule has 0 atom stereocenters. The molecule has 2 amide bonds. The smallest absolute Gasteiger partial charge is 0.272 e. The van der Waals surface area contributed by atoms with Crippen LogP contribution in [0.1, 0.15) is 20.8 Å². The highest BCUT2D eigenvalue weighted by molar-refractivity contribution is 6.07. The van der Waals surface area contributed by atoms with Gasteiger partial charge in [-0.2, -0.15) is 0 Å². The first kappa shape index (κ1) is 19.8. The van der Waals surface area contributed by atoms with Crippen molar-refractivity contribution in [3.8, 4) is 11.5 Å². The number of anilines is 1. The highest BCUT2D eigenvalue weighted by Crippen LogP contribution is 2.37. The van der Waals surface area contributed by atoms with E-state index in [0.29, 0.717) is 54.7 Å². The fourth-order valence-corrected chi connectivity index (χ4v) is 3.52. The van der Waals surface area contributed by atoms with Crippen LogP contribution in [-0.2, 0) is 4.74 Å². The number of benzene rings is 2. The summed E-state index contributed by atoms with van der Waals surface area (Å²) in [7, 11) is 2.98. The summed E-state index contributed by atoms with van der Waals surface area (Å²) in [4.78, 5) is 30.6. The third-order valence-electron chi connectivity index (χ3n) is 5.05. The number of amides is 2. The largest absolute Gasteiger partial charge is 0.493 e. The van der Waals surface area contributed by atoms with Crippen molar-refractivity contribution in [1.29, 1.82) is 0 Å². The van der Waals surface area contributed by atoms with Gasteiger partial charge in [0.15, 0.2) is 11.5 Å². The van der Waals surface area contributed by atoms with E-state index in [-0.39, 0.29) is 11.8 Å². The topological polar surface area (TPSA) is 92.9 Å². The van der Waals surface area contributed by atoms with Crippen LogP contribution in [0.15, 0.2) is 42.5 Å². The Morgan fingerprint density at radius 1 is 1.07 bits per heavy atom. The molecule has 30 heavy (non-hydrogen) atoms. The Balaban J connectivity index is 1.66. The predicted molar refractivity (Wildman–Crippen MR) is 113 cm³/mol. The van der Waals surface area contributed by atoms with Gasteiger partial charge in [-0.3, -0.25) is 9.59 Å². The molecule has 156 valence electrons. The summed E-state index contributed by atoms with van der Waals surface area (Å²) in [5.74, 6) is 0.215. The number of hydrogen-bond acceptors (Lipinski definition) is 5. The Morgan fingerprint density at radius 3 is 2.53 bits per heavy atom. The van der Waals surface area contributed by atoms with E-state index in [1.165, 1.54) is 14.2 Å². The third kappa shape index (κ3) is 3.81. The number of rotatable bonds is 5. The Kier molecular flexibility index (Phi) is 5.58. The van der Waals surface area contributed by atoms with Crippen molar-refractivity contribution in [2.75, 3.05) is 45.8 Å². The Bertz CT molecular complexity index is 1050. The van der Waals surface area contributed by atoms with Crippen LogP contribution in [0, 0.1) is 0 Å². The number of nitrogens with one attached hydrogen (secondary N) is 2. The minimum atomic E-state index is -0.345. The summed E-state index contributed by atoms with van der Waals surface area (Å²) in [5, 5.41) is 3.77. The molecule has 1 aliphatic rings. The number of para-hydroxylation sites is 1. The monoisotopic (exact) mass is 409 g/mol. The van der Waals surface area contributed by atoms with Crippen molar-refractivity contribution < 1.29 is 23.8 Å². The highest BCUT2D eigenvalue weighted by Gasteiger charge is 2.23. The molecule has 1 fully saturated rings. The van der Waals surface area contributed by atoms with Crippen LogP contribution in [0.5, 0.6) is 11.5 Å². The molecule has 1 aromatic heterocycles. The van der Waals surface area contributed by atoms with Gasteiger partial charge in [-0.05, 0) is 24.3 Å². The number of morpholine rings is 1. The van der Waals surface area contributed by atoms with Crippen LogP contribution >= 0.6 is 0 Å². The fraction of sp³-hybridized carbons (Fsp3) is 0.273. The fourth-order valence-electron chi connectivity index (χ4n) is 3.52. The quantitative estimate of drug-likeness (QED) is 0.676. The second-order valence-corrected chi connectivity index (χ2v) is 6.89. The number of carbonyl (C=O) groups is 2. The first-order valence-corrected chi connectivity index (χ1v) is 9.63. The molecular weight excluding hydrogens is 386 g/mol. The number of nitrogens with zero attached hydrogens (tertiary/aromatic N) is 1. The normalized spacial score (nSPS) is 13.9. The van der Waals surface area contributed by atoms with Crippen molar-refractivity contribution >= 4 is 28.4 Å². The zero-order valence-electron chi connectivity index (χ0n) is 16.9. The maximum absolute atomic E-state index is 12.9. The Morgan fingerprint density at radius 2 is 1.83 bits per heavy atom. The summed E-state index contributed by atoms with van der Waals surface area (Å²) < 4.78 is 16.2. The van der Waals surface area contributed by atoms with Crippen LogP contribution in [0.25, 0.3) is 10.9 Å². The van der Waals surface area contributed by atoms with Crippen molar-refractivity contribution in [2.45, 2.75) is 0 Å². The Labute approximate surface area is 173 Å². The van der Waals surface area contributed by atoms with Gasteiger partial charge in [-0.25, -0.2) is 0 Å². The van der Waals surface area contributed by atoms with Gasteiger partial charge >= 0.3 is 0 Å². The molecule has 4 rings (SSSR count). The van der Waals surface area contributed by atoms with Crippen LogP contribution in [0.4, 0.5) is 5.69 Å². The SMILES string of the molecule is COc1cc(C(=O)N2CCOCC2)cc(NC(=O)c2cc3ccccc3[nH]2)c1OC. The van der Waals surface area contributed by atoms with E-state index in [9.17, 15) is 9.59 Å². The van der Waals surface area contributed by atoms with Gasteiger partial charge in [-0.15, -0.1) is 0 Å². The minimum Gasteiger partial charge on any atom is -0.493 e. The van der Waals surface area contributed by atoms with Gasteiger partial charge in [-0.1, -0.05) is 18.2 Å². The number of carbonyl (C=O) groups excluding carboxylic acids is 2. The standard InChI is InChI=1S/C22H23N3O5/c1-28-19-13-15(22(27)25-7-9-30-10-8-25)12-17(20(19)29-2)24-21(26)18-11-14-5-3-4-6-16(14)23-18/h3-6,11-13,23H,7-10H2,1-2H3,(H,24,26).